The summed E-state index contributed by atoms with van der Waals surface area (Å²) in [5.74, 6) is 0. The average Bonchev–Trinajstić information content (AvgIpc) is 3.59. The maximum atomic E-state index is 2.59. The van der Waals surface area contributed by atoms with E-state index in [-0.39, 0.29) is 27.7 Å². The number of fused-ring (bicyclic) bond motifs is 7. The van der Waals surface area contributed by atoms with Crippen LogP contribution in [0.4, 0.5) is 28.4 Å². The minimum Gasteiger partial charge on any atom is -0.334 e. The molecule has 1 unspecified atom stereocenters. The highest BCUT2D eigenvalue weighted by atomic mass is 15.2. The molecule has 316 valence electrons. The first-order chi connectivity index (χ1) is 29.2. The Morgan fingerprint density at radius 3 is 1.39 bits per heavy atom. The predicted octanol–water partition coefficient (Wildman–Crippen LogP) is 16.7. The summed E-state index contributed by atoms with van der Waals surface area (Å²) in [5, 5.41) is 0. The van der Waals surface area contributed by atoms with E-state index >= 15 is 0 Å². The minimum absolute atomic E-state index is 0.0856. The normalized spacial score (nSPS) is 16.9. The van der Waals surface area contributed by atoms with E-state index in [2.05, 4.69) is 234 Å². The zero-order valence-corrected chi connectivity index (χ0v) is 39.8. The van der Waals surface area contributed by atoms with Crippen LogP contribution in [0.2, 0.25) is 0 Å². The highest BCUT2D eigenvalue weighted by molar-refractivity contribution is 5.95. The topological polar surface area (TPSA) is 6.48 Å². The third-order valence-corrected chi connectivity index (χ3v) is 14.4. The first-order valence-corrected chi connectivity index (χ1v) is 22.9. The van der Waals surface area contributed by atoms with Crippen LogP contribution < -0.4 is 9.80 Å². The van der Waals surface area contributed by atoms with Gasteiger partial charge in [-0.1, -0.05) is 147 Å². The molecule has 62 heavy (non-hydrogen) atoms. The highest BCUT2D eigenvalue weighted by Crippen LogP contribution is 2.61. The molecule has 0 bridgehead atoms. The smallest absolute Gasteiger partial charge is 0.0560 e. The molecule has 0 saturated heterocycles. The van der Waals surface area contributed by atoms with Crippen LogP contribution in [-0.2, 0) is 21.7 Å². The van der Waals surface area contributed by atoms with E-state index in [1.807, 2.05) is 0 Å². The average molecular weight is 815 g/mol. The highest BCUT2D eigenvalue weighted by Gasteiger charge is 2.47. The number of anilines is 5. The Hall–Kier alpha value is -5.60. The van der Waals surface area contributed by atoms with Gasteiger partial charge in [-0.25, -0.2) is 0 Å². The van der Waals surface area contributed by atoms with E-state index in [4.69, 9.17) is 0 Å². The molecule has 2 heteroatoms. The Bertz CT molecular complexity index is 2790. The second-order valence-corrected chi connectivity index (χ2v) is 21.8. The lowest BCUT2D eigenvalue weighted by atomic mass is 9.72. The lowest BCUT2D eigenvalue weighted by Crippen LogP contribution is -2.31. The van der Waals surface area contributed by atoms with Gasteiger partial charge in [0.05, 0.1) is 6.04 Å². The monoisotopic (exact) mass is 815 g/mol. The number of allylic oxidation sites excluding steroid dienone is 2. The maximum absolute atomic E-state index is 2.59. The number of nitrogens with zero attached hydrogens (tertiary/aromatic N) is 2. The molecule has 0 amide bonds. The Balaban J connectivity index is 1.16. The van der Waals surface area contributed by atoms with Crippen LogP contribution in [-0.4, -0.2) is 6.04 Å². The summed E-state index contributed by atoms with van der Waals surface area (Å²) < 4.78 is 0. The van der Waals surface area contributed by atoms with Gasteiger partial charge in [0, 0.05) is 39.3 Å². The molecule has 0 radical (unpaired) electrons. The first kappa shape index (κ1) is 41.7. The number of hydrogen-bond donors (Lipinski definition) is 0. The largest absolute Gasteiger partial charge is 0.334 e. The molecule has 2 nitrogen and oxygen atoms in total. The maximum Gasteiger partial charge on any atom is 0.0560 e. The molecule has 6 aromatic carbocycles. The number of hydrogen-bond acceptors (Lipinski definition) is 2. The van der Waals surface area contributed by atoms with Gasteiger partial charge in [0.2, 0.25) is 0 Å². The van der Waals surface area contributed by atoms with Crippen LogP contribution >= 0.6 is 0 Å². The molecule has 9 rings (SSSR count). The van der Waals surface area contributed by atoms with Crippen molar-refractivity contribution in [1.82, 2.24) is 0 Å². The Kier molecular flexibility index (Phi) is 9.75. The minimum atomic E-state index is -0.222. The summed E-state index contributed by atoms with van der Waals surface area (Å²) in [4.78, 5) is 5.04. The van der Waals surface area contributed by atoms with E-state index < -0.39 is 0 Å². The Morgan fingerprint density at radius 1 is 0.500 bits per heavy atom. The summed E-state index contributed by atoms with van der Waals surface area (Å²) in [6.07, 6.45) is 8.07. The molecule has 0 aromatic heterocycles. The molecular formula is C60H66N2. The van der Waals surface area contributed by atoms with Crippen molar-refractivity contribution in [2.24, 2.45) is 0 Å². The van der Waals surface area contributed by atoms with Gasteiger partial charge in [0.25, 0.3) is 0 Å². The van der Waals surface area contributed by atoms with Crippen molar-refractivity contribution < 1.29 is 0 Å². The van der Waals surface area contributed by atoms with Crippen LogP contribution in [0.25, 0.3) is 22.3 Å². The SMILES string of the molecule is CC1=CCC(N(c2ccc(C(C)(C)C)cc2)c2cc(C)c3c(c2)C(C)(C)c2c-3ccc3c2C(C)(C)c2cc(N(c4ccc(C)cc4)c4ccc(C(C)(C)C)cc4)cc(C)c2-3)C=C1. The van der Waals surface area contributed by atoms with Crippen molar-refractivity contribution in [3.8, 4) is 22.3 Å². The van der Waals surface area contributed by atoms with E-state index in [1.165, 1.54) is 106 Å². The number of benzene rings is 6. The summed E-state index contributed by atoms with van der Waals surface area (Å²) >= 11 is 0. The van der Waals surface area contributed by atoms with E-state index in [9.17, 15) is 0 Å². The van der Waals surface area contributed by atoms with Gasteiger partial charge in [0.1, 0.15) is 0 Å². The molecule has 0 heterocycles. The molecule has 0 saturated carbocycles. The Morgan fingerprint density at radius 2 is 0.935 bits per heavy atom. The second-order valence-electron chi connectivity index (χ2n) is 21.8. The third kappa shape index (κ3) is 6.77. The van der Waals surface area contributed by atoms with Crippen LogP contribution in [0, 0.1) is 20.8 Å². The zero-order valence-electron chi connectivity index (χ0n) is 39.8. The summed E-state index contributed by atoms with van der Waals surface area (Å²) in [6, 6.07) is 42.6. The lowest BCUT2D eigenvalue weighted by Gasteiger charge is -2.35. The van der Waals surface area contributed by atoms with Gasteiger partial charge in [-0.15, -0.1) is 0 Å². The van der Waals surface area contributed by atoms with E-state index in [0.29, 0.717) is 0 Å². The summed E-state index contributed by atoms with van der Waals surface area (Å²) in [7, 11) is 0. The van der Waals surface area contributed by atoms with Crippen molar-refractivity contribution in [3.63, 3.8) is 0 Å². The van der Waals surface area contributed by atoms with Crippen molar-refractivity contribution in [1.29, 1.82) is 0 Å². The fourth-order valence-corrected chi connectivity index (χ4v) is 10.9. The van der Waals surface area contributed by atoms with Crippen molar-refractivity contribution >= 4 is 28.4 Å². The first-order valence-electron chi connectivity index (χ1n) is 22.9. The van der Waals surface area contributed by atoms with Gasteiger partial charge >= 0.3 is 0 Å². The van der Waals surface area contributed by atoms with Gasteiger partial charge in [-0.2, -0.15) is 0 Å². The van der Waals surface area contributed by atoms with Crippen LogP contribution in [0.1, 0.15) is 133 Å². The quantitative estimate of drug-likeness (QED) is 0.165. The van der Waals surface area contributed by atoms with Gasteiger partial charge in [-0.05, 0) is 172 Å². The molecular weight excluding hydrogens is 749 g/mol. The molecule has 6 aromatic rings. The number of rotatable bonds is 6. The zero-order chi connectivity index (χ0) is 44.3. The lowest BCUT2D eigenvalue weighted by molar-refractivity contribution is 0.590. The molecule has 0 N–H and O–H groups in total. The molecule has 0 fully saturated rings. The van der Waals surface area contributed by atoms with Crippen molar-refractivity contribution in [2.45, 2.75) is 131 Å². The van der Waals surface area contributed by atoms with E-state index in [1.54, 1.807) is 0 Å². The third-order valence-electron chi connectivity index (χ3n) is 14.4. The molecule has 3 aliphatic carbocycles. The standard InChI is InChI=1S/C60H66N2/c1-37-15-23-43(24-16-37)61(45-27-19-41(20-28-45)57(5,6)7)47-33-39(3)53-49-31-32-50-54-40(4)34-48(36-52(54)60(13,14)56(50)55(49)59(11,12)51(53)35-47)62(44-25-17-38(2)18-26-44)46-29-21-42(22-30-46)58(8,9)10/h15-25,27-36,44H,26H2,1-14H3. The second kappa shape index (κ2) is 14.5. The van der Waals surface area contributed by atoms with Crippen LogP contribution in [0.5, 0.6) is 0 Å². The predicted molar refractivity (Wildman–Crippen MR) is 268 cm³/mol. The number of aryl methyl sites for hydroxylation is 3. The van der Waals surface area contributed by atoms with Gasteiger partial charge < -0.3 is 9.80 Å². The molecule has 3 aliphatic rings. The molecule has 0 spiro atoms. The van der Waals surface area contributed by atoms with Crippen molar-refractivity contribution in [3.05, 3.63) is 183 Å². The van der Waals surface area contributed by atoms with E-state index in [0.717, 1.165) is 6.42 Å². The Labute approximate surface area is 373 Å². The van der Waals surface area contributed by atoms with Crippen molar-refractivity contribution in [2.75, 3.05) is 9.80 Å². The molecule has 0 aliphatic heterocycles. The summed E-state index contributed by atoms with van der Waals surface area (Å²) in [6.45, 7) is 32.7. The van der Waals surface area contributed by atoms with Crippen LogP contribution in [0.15, 0.2) is 133 Å². The summed E-state index contributed by atoms with van der Waals surface area (Å²) in [5.41, 5.74) is 25.1. The molecule has 1 atom stereocenters. The fraction of sp³-hybridized carbons (Fsp3) is 0.333. The van der Waals surface area contributed by atoms with Gasteiger partial charge in [-0.3, -0.25) is 0 Å². The fourth-order valence-electron chi connectivity index (χ4n) is 10.9. The van der Waals surface area contributed by atoms with Crippen LogP contribution in [0.3, 0.4) is 0 Å². The van der Waals surface area contributed by atoms with Gasteiger partial charge in [0.15, 0.2) is 0 Å².